The third-order valence-corrected chi connectivity index (χ3v) is 2.58. The number of aryl methyl sites for hydroxylation is 1. The quantitative estimate of drug-likeness (QED) is 0.788. The highest BCUT2D eigenvalue weighted by Gasteiger charge is 2.05. The van der Waals surface area contributed by atoms with Gasteiger partial charge in [0.05, 0.1) is 0 Å². The zero-order valence-corrected chi connectivity index (χ0v) is 9.87. The van der Waals surface area contributed by atoms with E-state index in [-0.39, 0.29) is 0 Å². The van der Waals surface area contributed by atoms with Gasteiger partial charge in [0.2, 0.25) is 0 Å². The largest absolute Gasteiger partial charge is 0.339 e. The Hall–Kier alpha value is -1.82. The molecule has 0 aromatic heterocycles. The van der Waals surface area contributed by atoms with E-state index in [2.05, 4.69) is 31.3 Å². The van der Waals surface area contributed by atoms with E-state index in [1.54, 1.807) is 6.07 Å². The van der Waals surface area contributed by atoms with Gasteiger partial charge in [-0.3, -0.25) is 4.79 Å². The fourth-order valence-corrected chi connectivity index (χ4v) is 1.46. The summed E-state index contributed by atoms with van der Waals surface area (Å²) < 4.78 is 0. The molecular weight excluding hydrogens is 200 g/mol. The molecule has 0 unspecified atom stereocenters. The molecule has 1 amide bonds. The summed E-state index contributed by atoms with van der Waals surface area (Å²) in [7, 11) is 0. The first-order chi connectivity index (χ1) is 7.54. The second kappa shape index (κ2) is 5.32. The zero-order chi connectivity index (χ0) is 12.1. The SMILES string of the molecule is Cc1ccc(C(C)C)cc1CNC(=O)C#N. The smallest absolute Gasteiger partial charge is 0.322 e. The van der Waals surface area contributed by atoms with Crippen LogP contribution < -0.4 is 5.32 Å². The van der Waals surface area contributed by atoms with Crippen LogP contribution in [0.1, 0.15) is 36.5 Å². The summed E-state index contributed by atoms with van der Waals surface area (Å²) in [6.45, 7) is 6.67. The zero-order valence-electron chi connectivity index (χ0n) is 9.87. The lowest BCUT2D eigenvalue weighted by molar-refractivity contribution is -0.116. The molecule has 0 saturated heterocycles. The van der Waals surface area contributed by atoms with Crippen molar-refractivity contribution in [3.63, 3.8) is 0 Å². The second-order valence-corrected chi connectivity index (χ2v) is 4.14. The molecule has 0 saturated carbocycles. The molecule has 0 aliphatic rings. The fourth-order valence-electron chi connectivity index (χ4n) is 1.46. The minimum atomic E-state index is -0.589. The van der Waals surface area contributed by atoms with Crippen molar-refractivity contribution in [3.05, 3.63) is 34.9 Å². The average Bonchev–Trinajstić information content (AvgIpc) is 2.27. The predicted octanol–water partition coefficient (Wildman–Crippen LogP) is 2.26. The molecule has 0 atom stereocenters. The molecule has 0 radical (unpaired) electrons. The van der Waals surface area contributed by atoms with Crippen molar-refractivity contribution in [1.82, 2.24) is 5.32 Å². The number of hydrogen-bond donors (Lipinski definition) is 1. The third kappa shape index (κ3) is 3.09. The first-order valence-electron chi connectivity index (χ1n) is 5.32. The minimum absolute atomic E-state index is 0.415. The minimum Gasteiger partial charge on any atom is -0.339 e. The first-order valence-corrected chi connectivity index (χ1v) is 5.32. The van der Waals surface area contributed by atoms with E-state index in [1.165, 1.54) is 5.56 Å². The topological polar surface area (TPSA) is 52.9 Å². The molecule has 1 aromatic rings. The van der Waals surface area contributed by atoms with Gasteiger partial charge < -0.3 is 5.32 Å². The summed E-state index contributed by atoms with van der Waals surface area (Å²) in [5, 5.41) is 10.9. The number of nitrogens with one attached hydrogen (secondary N) is 1. The van der Waals surface area contributed by atoms with Crippen LogP contribution in [0, 0.1) is 18.3 Å². The van der Waals surface area contributed by atoms with Crippen molar-refractivity contribution >= 4 is 5.91 Å². The first kappa shape index (κ1) is 12.3. The number of nitrogens with zero attached hydrogens (tertiary/aromatic N) is 1. The highest BCUT2D eigenvalue weighted by Crippen LogP contribution is 2.18. The van der Waals surface area contributed by atoms with E-state index in [9.17, 15) is 4.79 Å². The van der Waals surface area contributed by atoms with Crippen LogP contribution in [0.15, 0.2) is 18.2 Å². The molecule has 0 aliphatic heterocycles. The van der Waals surface area contributed by atoms with Crippen molar-refractivity contribution in [2.45, 2.75) is 33.2 Å². The van der Waals surface area contributed by atoms with Crippen LogP contribution in [0.25, 0.3) is 0 Å². The summed E-state index contributed by atoms with van der Waals surface area (Å²) in [6, 6.07) is 7.76. The Labute approximate surface area is 96.1 Å². The summed E-state index contributed by atoms with van der Waals surface area (Å²) >= 11 is 0. The molecule has 3 heteroatoms. The van der Waals surface area contributed by atoms with E-state index in [0.29, 0.717) is 12.5 Å². The number of carbonyl (C=O) groups is 1. The summed E-state index contributed by atoms with van der Waals surface area (Å²) in [5.74, 6) is -0.125. The molecule has 0 spiro atoms. The number of hydrogen-bond acceptors (Lipinski definition) is 2. The van der Waals surface area contributed by atoms with E-state index >= 15 is 0 Å². The Morgan fingerprint density at radius 3 is 2.75 bits per heavy atom. The van der Waals surface area contributed by atoms with Gasteiger partial charge in [0.15, 0.2) is 6.07 Å². The van der Waals surface area contributed by atoms with Gasteiger partial charge in [-0.1, -0.05) is 32.0 Å². The number of carbonyl (C=O) groups excluding carboxylic acids is 1. The van der Waals surface area contributed by atoms with Gasteiger partial charge in [-0.15, -0.1) is 0 Å². The van der Waals surface area contributed by atoms with Crippen molar-refractivity contribution in [2.75, 3.05) is 0 Å². The third-order valence-electron chi connectivity index (χ3n) is 2.58. The van der Waals surface area contributed by atoms with Crippen LogP contribution in [0.2, 0.25) is 0 Å². The van der Waals surface area contributed by atoms with E-state index in [4.69, 9.17) is 5.26 Å². The van der Waals surface area contributed by atoms with Crippen molar-refractivity contribution in [1.29, 1.82) is 5.26 Å². The second-order valence-electron chi connectivity index (χ2n) is 4.14. The van der Waals surface area contributed by atoms with Gasteiger partial charge in [0, 0.05) is 6.54 Å². The molecule has 16 heavy (non-hydrogen) atoms. The lowest BCUT2D eigenvalue weighted by Gasteiger charge is -2.11. The van der Waals surface area contributed by atoms with Crippen LogP contribution >= 0.6 is 0 Å². The van der Waals surface area contributed by atoms with Crippen LogP contribution in [-0.4, -0.2) is 5.91 Å². The van der Waals surface area contributed by atoms with Crippen molar-refractivity contribution in [2.24, 2.45) is 0 Å². The Morgan fingerprint density at radius 2 is 2.19 bits per heavy atom. The van der Waals surface area contributed by atoms with E-state index in [1.807, 2.05) is 13.0 Å². The van der Waals surface area contributed by atoms with Gasteiger partial charge in [0.1, 0.15) is 0 Å². The summed E-state index contributed by atoms with van der Waals surface area (Å²) in [6.07, 6.45) is 0. The highest BCUT2D eigenvalue weighted by atomic mass is 16.1. The Bertz CT molecular complexity index is 430. The van der Waals surface area contributed by atoms with Crippen LogP contribution in [0.3, 0.4) is 0 Å². The maximum atomic E-state index is 10.8. The molecule has 0 bridgehead atoms. The van der Waals surface area contributed by atoms with Crippen LogP contribution in [0.5, 0.6) is 0 Å². The fraction of sp³-hybridized carbons (Fsp3) is 0.385. The number of rotatable bonds is 3. The van der Waals surface area contributed by atoms with E-state index < -0.39 is 5.91 Å². The Morgan fingerprint density at radius 1 is 1.50 bits per heavy atom. The highest BCUT2D eigenvalue weighted by molar-refractivity contribution is 5.91. The lowest BCUT2D eigenvalue weighted by atomic mass is 9.98. The van der Waals surface area contributed by atoms with E-state index in [0.717, 1.165) is 11.1 Å². The Balaban J connectivity index is 2.83. The molecule has 0 fully saturated rings. The average molecular weight is 216 g/mol. The molecule has 1 aromatic carbocycles. The normalized spacial score (nSPS) is 9.94. The number of nitriles is 1. The molecule has 0 heterocycles. The van der Waals surface area contributed by atoms with Gasteiger partial charge in [-0.25, -0.2) is 0 Å². The van der Waals surface area contributed by atoms with Gasteiger partial charge >= 0.3 is 5.91 Å². The van der Waals surface area contributed by atoms with Gasteiger partial charge in [-0.2, -0.15) is 5.26 Å². The van der Waals surface area contributed by atoms with Crippen molar-refractivity contribution in [3.8, 4) is 6.07 Å². The molecule has 1 rings (SSSR count). The lowest BCUT2D eigenvalue weighted by Crippen LogP contribution is -2.21. The standard InChI is InChI=1S/C13H16N2O/c1-9(2)11-5-4-10(3)12(6-11)8-15-13(16)7-14/h4-6,9H,8H2,1-3H3,(H,15,16). The maximum absolute atomic E-state index is 10.8. The number of benzene rings is 1. The summed E-state index contributed by atoms with van der Waals surface area (Å²) in [5.41, 5.74) is 3.43. The number of amides is 1. The Kier molecular flexibility index (Phi) is 4.07. The molecule has 1 N–H and O–H groups in total. The summed E-state index contributed by atoms with van der Waals surface area (Å²) in [4.78, 5) is 10.8. The molecule has 3 nitrogen and oxygen atoms in total. The van der Waals surface area contributed by atoms with Gasteiger partial charge in [0.25, 0.3) is 0 Å². The van der Waals surface area contributed by atoms with Crippen LogP contribution in [-0.2, 0) is 11.3 Å². The van der Waals surface area contributed by atoms with Gasteiger partial charge in [-0.05, 0) is 29.5 Å². The molecular formula is C13H16N2O. The predicted molar refractivity (Wildman–Crippen MR) is 62.7 cm³/mol. The van der Waals surface area contributed by atoms with Crippen molar-refractivity contribution < 1.29 is 4.79 Å². The monoisotopic (exact) mass is 216 g/mol. The maximum Gasteiger partial charge on any atom is 0.322 e. The molecule has 84 valence electrons. The molecule has 0 aliphatic carbocycles. The van der Waals surface area contributed by atoms with Crippen LogP contribution in [0.4, 0.5) is 0 Å².